The van der Waals surface area contributed by atoms with Gasteiger partial charge in [0.05, 0.1) is 5.92 Å². The molecule has 1 saturated carbocycles. The molecule has 32 heavy (non-hydrogen) atoms. The maximum Gasteiger partial charge on any atom is 0.387 e. The number of halogens is 2. The summed E-state index contributed by atoms with van der Waals surface area (Å²) in [5, 5.41) is 0. The van der Waals surface area contributed by atoms with Crippen molar-refractivity contribution in [2.45, 2.75) is 45.3 Å². The maximum atomic E-state index is 13.5. The third-order valence-electron chi connectivity index (χ3n) is 6.50. The highest BCUT2D eigenvalue weighted by molar-refractivity contribution is 5.99. The first-order valence-electron chi connectivity index (χ1n) is 11.1. The van der Waals surface area contributed by atoms with E-state index in [0.29, 0.717) is 19.5 Å². The van der Waals surface area contributed by atoms with Gasteiger partial charge in [-0.1, -0.05) is 43.2 Å². The van der Waals surface area contributed by atoms with Crippen molar-refractivity contribution < 1.29 is 23.1 Å². The molecule has 1 fully saturated rings. The number of fused-ring (bicyclic) bond motifs is 1. The molecule has 0 spiro atoms. The van der Waals surface area contributed by atoms with Gasteiger partial charge in [0, 0.05) is 31.7 Å². The molecule has 0 N–H and O–H groups in total. The molecule has 2 aromatic rings. The Balaban J connectivity index is 1.44. The van der Waals surface area contributed by atoms with Crippen molar-refractivity contribution in [2.24, 2.45) is 11.8 Å². The van der Waals surface area contributed by atoms with Crippen LogP contribution in [0.25, 0.3) is 0 Å². The number of ether oxygens (including phenoxy) is 1. The second kappa shape index (κ2) is 9.67. The fourth-order valence-electron chi connectivity index (χ4n) is 4.90. The zero-order valence-corrected chi connectivity index (χ0v) is 18.2. The molecule has 0 radical (unpaired) electrons. The smallest absolute Gasteiger partial charge is 0.387 e. The standard InChI is InChI=1S/C25H28F2N2O3/c1-28(16-17-10-12-19(13-11-17)32-25(26)27)23(30)20-7-3-4-8-21(20)24(31)29-15-14-18-6-2-5-9-22(18)29/h2,5-6,9-13,20-21,25H,3-4,7-8,14-16H2,1H3. The van der Waals surface area contributed by atoms with Crippen molar-refractivity contribution in [1.82, 2.24) is 4.90 Å². The lowest BCUT2D eigenvalue weighted by molar-refractivity contribution is -0.142. The quantitative estimate of drug-likeness (QED) is 0.655. The van der Waals surface area contributed by atoms with E-state index in [1.807, 2.05) is 23.1 Å². The van der Waals surface area contributed by atoms with Crippen molar-refractivity contribution in [3.8, 4) is 5.75 Å². The predicted octanol–water partition coefficient (Wildman–Crippen LogP) is 4.64. The largest absolute Gasteiger partial charge is 0.435 e. The molecule has 7 heteroatoms. The number of carbonyl (C=O) groups is 2. The summed E-state index contributed by atoms with van der Waals surface area (Å²) in [6, 6.07) is 14.2. The summed E-state index contributed by atoms with van der Waals surface area (Å²) in [6.45, 7) is -1.86. The average Bonchev–Trinajstić information content (AvgIpc) is 3.23. The predicted molar refractivity (Wildman–Crippen MR) is 117 cm³/mol. The summed E-state index contributed by atoms with van der Waals surface area (Å²) < 4.78 is 29.0. The van der Waals surface area contributed by atoms with Gasteiger partial charge >= 0.3 is 6.61 Å². The Morgan fingerprint density at radius 3 is 2.47 bits per heavy atom. The number of rotatable bonds is 6. The van der Waals surface area contributed by atoms with Gasteiger partial charge in [0.25, 0.3) is 0 Å². The van der Waals surface area contributed by atoms with E-state index in [9.17, 15) is 18.4 Å². The molecule has 2 atom stereocenters. The van der Waals surface area contributed by atoms with Crippen LogP contribution in [0, 0.1) is 11.8 Å². The second-order valence-electron chi connectivity index (χ2n) is 8.58. The van der Waals surface area contributed by atoms with Crippen LogP contribution in [0.1, 0.15) is 36.8 Å². The molecule has 0 saturated heterocycles. The number of carbonyl (C=O) groups excluding carboxylic acids is 2. The van der Waals surface area contributed by atoms with Crippen LogP contribution in [0.2, 0.25) is 0 Å². The molecule has 0 aromatic heterocycles. The number of amides is 2. The lowest BCUT2D eigenvalue weighted by Gasteiger charge is -2.35. The summed E-state index contributed by atoms with van der Waals surface area (Å²) in [6.07, 6.45) is 4.16. The fraction of sp³-hybridized carbons (Fsp3) is 0.440. The van der Waals surface area contributed by atoms with Gasteiger partial charge in [-0.15, -0.1) is 0 Å². The zero-order chi connectivity index (χ0) is 22.7. The number of anilines is 1. The van der Waals surface area contributed by atoms with E-state index >= 15 is 0 Å². The van der Waals surface area contributed by atoms with Crippen molar-refractivity contribution in [1.29, 1.82) is 0 Å². The van der Waals surface area contributed by atoms with E-state index in [4.69, 9.17) is 0 Å². The summed E-state index contributed by atoms with van der Waals surface area (Å²) in [7, 11) is 1.73. The highest BCUT2D eigenvalue weighted by atomic mass is 19.3. The average molecular weight is 443 g/mol. The van der Waals surface area contributed by atoms with Crippen LogP contribution in [-0.4, -0.2) is 36.9 Å². The van der Waals surface area contributed by atoms with Crippen LogP contribution in [0.3, 0.4) is 0 Å². The first kappa shape index (κ1) is 22.2. The summed E-state index contributed by atoms with van der Waals surface area (Å²) in [5.41, 5.74) is 2.96. The van der Waals surface area contributed by atoms with Crippen LogP contribution in [0.5, 0.6) is 5.75 Å². The molecule has 1 aliphatic carbocycles. The van der Waals surface area contributed by atoms with Crippen LogP contribution in [-0.2, 0) is 22.6 Å². The molecule has 2 aliphatic rings. The third-order valence-corrected chi connectivity index (χ3v) is 6.50. The van der Waals surface area contributed by atoms with Gasteiger partial charge in [0.2, 0.25) is 11.8 Å². The lowest BCUT2D eigenvalue weighted by atomic mass is 9.77. The molecule has 0 bridgehead atoms. The molecule has 4 rings (SSSR count). The molecule has 2 amide bonds. The lowest BCUT2D eigenvalue weighted by Crippen LogP contribution is -2.45. The van der Waals surface area contributed by atoms with Gasteiger partial charge < -0.3 is 14.5 Å². The molecular weight excluding hydrogens is 414 g/mol. The van der Waals surface area contributed by atoms with Gasteiger partial charge in [-0.05, 0) is 48.6 Å². The summed E-state index contributed by atoms with van der Waals surface area (Å²) in [5.74, 6) is -0.554. The number of hydrogen-bond acceptors (Lipinski definition) is 3. The van der Waals surface area contributed by atoms with Gasteiger partial charge in [-0.2, -0.15) is 8.78 Å². The third kappa shape index (κ3) is 4.76. The Kier molecular flexibility index (Phi) is 6.72. The number of para-hydroxylation sites is 1. The molecule has 2 aromatic carbocycles. The molecule has 1 aliphatic heterocycles. The Morgan fingerprint density at radius 1 is 1.06 bits per heavy atom. The Bertz CT molecular complexity index is 964. The van der Waals surface area contributed by atoms with E-state index in [1.165, 1.54) is 17.7 Å². The van der Waals surface area contributed by atoms with E-state index in [-0.39, 0.29) is 29.4 Å². The molecule has 5 nitrogen and oxygen atoms in total. The Morgan fingerprint density at radius 2 is 1.75 bits per heavy atom. The van der Waals surface area contributed by atoms with E-state index < -0.39 is 6.61 Å². The minimum Gasteiger partial charge on any atom is -0.435 e. The van der Waals surface area contributed by atoms with Crippen molar-refractivity contribution >= 4 is 17.5 Å². The van der Waals surface area contributed by atoms with Crippen LogP contribution >= 0.6 is 0 Å². The SMILES string of the molecule is CN(Cc1ccc(OC(F)F)cc1)C(=O)C1CCCCC1C(=O)N1CCc2ccccc21. The summed E-state index contributed by atoms with van der Waals surface area (Å²) in [4.78, 5) is 30.3. The first-order chi connectivity index (χ1) is 15.4. The number of alkyl halides is 2. The van der Waals surface area contributed by atoms with Gasteiger partial charge in [-0.25, -0.2) is 0 Å². The Labute approximate surface area is 187 Å². The van der Waals surface area contributed by atoms with Crippen LogP contribution in [0.15, 0.2) is 48.5 Å². The van der Waals surface area contributed by atoms with E-state index in [1.54, 1.807) is 24.1 Å². The van der Waals surface area contributed by atoms with Crippen molar-refractivity contribution in [3.63, 3.8) is 0 Å². The minimum absolute atomic E-state index is 0.0385. The van der Waals surface area contributed by atoms with Crippen LogP contribution < -0.4 is 9.64 Å². The number of hydrogen-bond donors (Lipinski definition) is 0. The van der Waals surface area contributed by atoms with Gasteiger partial charge in [0.15, 0.2) is 0 Å². The minimum atomic E-state index is -2.87. The zero-order valence-electron chi connectivity index (χ0n) is 18.2. The maximum absolute atomic E-state index is 13.5. The molecular formula is C25H28F2N2O3. The monoisotopic (exact) mass is 442 g/mol. The summed E-state index contributed by atoms with van der Waals surface area (Å²) >= 11 is 0. The molecule has 170 valence electrons. The molecule has 2 unspecified atom stereocenters. The van der Waals surface area contributed by atoms with Crippen molar-refractivity contribution in [2.75, 3.05) is 18.5 Å². The van der Waals surface area contributed by atoms with Gasteiger partial charge in [0.1, 0.15) is 5.75 Å². The first-order valence-corrected chi connectivity index (χ1v) is 11.1. The molecule has 1 heterocycles. The Hall–Kier alpha value is -2.96. The number of benzene rings is 2. The van der Waals surface area contributed by atoms with Gasteiger partial charge in [-0.3, -0.25) is 9.59 Å². The van der Waals surface area contributed by atoms with E-state index in [2.05, 4.69) is 10.8 Å². The van der Waals surface area contributed by atoms with Crippen molar-refractivity contribution in [3.05, 3.63) is 59.7 Å². The normalized spacial score (nSPS) is 20.2. The fourth-order valence-corrected chi connectivity index (χ4v) is 4.90. The number of nitrogens with zero attached hydrogens (tertiary/aromatic N) is 2. The highest BCUT2D eigenvalue weighted by Gasteiger charge is 2.40. The second-order valence-corrected chi connectivity index (χ2v) is 8.58. The van der Waals surface area contributed by atoms with E-state index in [0.717, 1.165) is 36.9 Å². The highest BCUT2D eigenvalue weighted by Crippen LogP contribution is 2.36. The van der Waals surface area contributed by atoms with Crippen LogP contribution in [0.4, 0.5) is 14.5 Å². The topological polar surface area (TPSA) is 49.9 Å².